The van der Waals surface area contributed by atoms with Crippen LogP contribution in [-0.2, 0) is 0 Å². The minimum absolute atomic E-state index is 0.394. The van der Waals surface area contributed by atoms with Gasteiger partial charge in [0.15, 0.2) is 0 Å². The molecule has 2 N–H and O–H groups in total. The molecule has 0 bridgehead atoms. The monoisotopic (exact) mass is 253 g/mol. The Labute approximate surface area is 103 Å². The van der Waals surface area contributed by atoms with Crippen LogP contribution < -0.4 is 5.73 Å². The molecule has 1 unspecified atom stereocenters. The number of halogens is 2. The maximum absolute atomic E-state index is 6.08. The zero-order valence-electron chi connectivity index (χ0n) is 8.27. The third-order valence-electron chi connectivity index (χ3n) is 2.24. The van der Waals surface area contributed by atoms with Gasteiger partial charge >= 0.3 is 0 Å². The highest BCUT2D eigenvalue weighted by Gasteiger charge is 2.14. The largest absolute Gasteiger partial charge is 0.319 e. The molecule has 2 aromatic rings. The van der Waals surface area contributed by atoms with Crippen molar-refractivity contribution in [3.63, 3.8) is 0 Å². The number of hydrogen-bond acceptors (Lipinski definition) is 3. The average molecular weight is 254 g/mol. The van der Waals surface area contributed by atoms with E-state index in [1.165, 1.54) is 6.33 Å². The summed E-state index contributed by atoms with van der Waals surface area (Å²) in [5, 5.41) is 0.957. The second-order valence-corrected chi connectivity index (χ2v) is 4.04. The van der Waals surface area contributed by atoms with Crippen LogP contribution in [0, 0.1) is 0 Å². The van der Waals surface area contributed by atoms with Crippen molar-refractivity contribution in [1.82, 2.24) is 9.97 Å². The molecule has 1 atom stereocenters. The van der Waals surface area contributed by atoms with Crippen molar-refractivity contribution in [3.8, 4) is 0 Å². The van der Waals surface area contributed by atoms with Crippen LogP contribution in [0.3, 0.4) is 0 Å². The molecule has 1 aromatic heterocycles. The van der Waals surface area contributed by atoms with E-state index in [0.29, 0.717) is 15.7 Å². The Bertz CT molecular complexity index is 488. The molecule has 1 aromatic carbocycles. The fourth-order valence-corrected chi connectivity index (χ4v) is 1.83. The van der Waals surface area contributed by atoms with E-state index >= 15 is 0 Å². The lowest BCUT2D eigenvalue weighted by Crippen LogP contribution is -2.14. The van der Waals surface area contributed by atoms with Crippen LogP contribution in [0.1, 0.15) is 17.3 Å². The maximum Gasteiger partial charge on any atom is 0.115 e. The molecule has 0 aliphatic heterocycles. The lowest BCUT2D eigenvalue weighted by molar-refractivity contribution is 0.820. The van der Waals surface area contributed by atoms with E-state index in [9.17, 15) is 0 Å². The smallest absolute Gasteiger partial charge is 0.115 e. The van der Waals surface area contributed by atoms with Crippen molar-refractivity contribution in [1.29, 1.82) is 0 Å². The normalized spacial score (nSPS) is 12.4. The molecule has 0 radical (unpaired) electrons. The van der Waals surface area contributed by atoms with E-state index in [1.807, 2.05) is 12.1 Å². The zero-order valence-corrected chi connectivity index (χ0v) is 9.78. The SMILES string of the molecule is NC(c1ccncn1)c1cccc(Cl)c1Cl. The van der Waals surface area contributed by atoms with Gasteiger partial charge in [0.05, 0.1) is 21.8 Å². The molecule has 2 rings (SSSR count). The molecule has 0 saturated carbocycles. The van der Waals surface area contributed by atoms with E-state index in [1.54, 1.807) is 18.3 Å². The number of aromatic nitrogens is 2. The molecule has 0 saturated heterocycles. The molecule has 1 heterocycles. The Morgan fingerprint density at radius 1 is 1.19 bits per heavy atom. The standard InChI is InChI=1S/C11H9Cl2N3/c12-8-3-1-2-7(10(8)13)11(14)9-4-5-15-6-16-9/h1-6,11H,14H2. The van der Waals surface area contributed by atoms with Crippen molar-refractivity contribution in [2.75, 3.05) is 0 Å². The molecular weight excluding hydrogens is 245 g/mol. The van der Waals surface area contributed by atoms with Crippen molar-refractivity contribution in [2.24, 2.45) is 5.73 Å². The Morgan fingerprint density at radius 3 is 2.69 bits per heavy atom. The van der Waals surface area contributed by atoms with Gasteiger partial charge in [-0.05, 0) is 17.7 Å². The number of rotatable bonds is 2. The summed E-state index contributed by atoms with van der Waals surface area (Å²) in [5.74, 6) is 0. The molecule has 0 amide bonds. The summed E-state index contributed by atoms with van der Waals surface area (Å²) < 4.78 is 0. The third-order valence-corrected chi connectivity index (χ3v) is 3.07. The summed E-state index contributed by atoms with van der Waals surface area (Å²) >= 11 is 12.0. The average Bonchev–Trinajstić information content (AvgIpc) is 2.33. The van der Waals surface area contributed by atoms with Gasteiger partial charge < -0.3 is 5.73 Å². The van der Waals surface area contributed by atoms with Crippen LogP contribution in [-0.4, -0.2) is 9.97 Å². The van der Waals surface area contributed by atoms with Gasteiger partial charge in [0.2, 0.25) is 0 Å². The first-order valence-electron chi connectivity index (χ1n) is 4.65. The molecule has 16 heavy (non-hydrogen) atoms. The van der Waals surface area contributed by atoms with Gasteiger partial charge in [0, 0.05) is 6.20 Å². The number of nitrogens with two attached hydrogens (primary N) is 1. The lowest BCUT2D eigenvalue weighted by atomic mass is 10.0. The highest BCUT2D eigenvalue weighted by atomic mass is 35.5. The maximum atomic E-state index is 6.08. The van der Waals surface area contributed by atoms with Crippen LogP contribution in [0.15, 0.2) is 36.8 Å². The first-order valence-corrected chi connectivity index (χ1v) is 5.41. The molecule has 0 aliphatic rings. The van der Waals surface area contributed by atoms with Gasteiger partial charge in [-0.25, -0.2) is 9.97 Å². The number of nitrogens with zero attached hydrogens (tertiary/aromatic N) is 2. The van der Waals surface area contributed by atoms with E-state index in [-0.39, 0.29) is 0 Å². The van der Waals surface area contributed by atoms with E-state index in [2.05, 4.69) is 9.97 Å². The summed E-state index contributed by atoms with van der Waals surface area (Å²) in [6.45, 7) is 0. The summed E-state index contributed by atoms with van der Waals surface area (Å²) in [6, 6.07) is 6.72. The molecule has 82 valence electrons. The Balaban J connectivity index is 2.42. The first kappa shape index (κ1) is 11.3. The van der Waals surface area contributed by atoms with Gasteiger partial charge in [0.25, 0.3) is 0 Å². The zero-order chi connectivity index (χ0) is 11.5. The topological polar surface area (TPSA) is 51.8 Å². The minimum Gasteiger partial charge on any atom is -0.319 e. The Kier molecular flexibility index (Phi) is 3.39. The van der Waals surface area contributed by atoms with Crippen molar-refractivity contribution >= 4 is 23.2 Å². The molecule has 0 spiro atoms. The highest BCUT2D eigenvalue weighted by Crippen LogP contribution is 2.30. The quantitative estimate of drug-likeness (QED) is 0.896. The van der Waals surface area contributed by atoms with E-state index < -0.39 is 6.04 Å². The molecular formula is C11H9Cl2N3. The van der Waals surface area contributed by atoms with Crippen LogP contribution in [0.5, 0.6) is 0 Å². The minimum atomic E-state index is -0.394. The van der Waals surface area contributed by atoms with Gasteiger partial charge in [-0.15, -0.1) is 0 Å². The fraction of sp³-hybridized carbons (Fsp3) is 0.0909. The summed E-state index contributed by atoms with van der Waals surface area (Å²) in [4.78, 5) is 7.92. The first-order chi connectivity index (χ1) is 7.70. The molecule has 0 fully saturated rings. The molecule has 0 aliphatic carbocycles. The third kappa shape index (κ3) is 2.16. The Morgan fingerprint density at radius 2 is 2.00 bits per heavy atom. The number of benzene rings is 1. The Hall–Kier alpha value is -1.16. The summed E-state index contributed by atoms with van der Waals surface area (Å²) in [6.07, 6.45) is 3.09. The van der Waals surface area contributed by atoms with Crippen molar-refractivity contribution in [3.05, 3.63) is 58.1 Å². The number of hydrogen-bond donors (Lipinski definition) is 1. The van der Waals surface area contributed by atoms with Crippen molar-refractivity contribution < 1.29 is 0 Å². The van der Waals surface area contributed by atoms with Crippen LogP contribution >= 0.6 is 23.2 Å². The van der Waals surface area contributed by atoms with Gasteiger partial charge in [-0.2, -0.15) is 0 Å². The van der Waals surface area contributed by atoms with E-state index in [4.69, 9.17) is 28.9 Å². The highest BCUT2D eigenvalue weighted by molar-refractivity contribution is 6.42. The summed E-state index contributed by atoms with van der Waals surface area (Å²) in [7, 11) is 0. The van der Waals surface area contributed by atoms with Gasteiger partial charge in [-0.3, -0.25) is 0 Å². The van der Waals surface area contributed by atoms with Crippen LogP contribution in [0.25, 0.3) is 0 Å². The second kappa shape index (κ2) is 4.78. The fourth-order valence-electron chi connectivity index (χ4n) is 1.40. The van der Waals surface area contributed by atoms with Gasteiger partial charge in [-0.1, -0.05) is 35.3 Å². The van der Waals surface area contributed by atoms with Crippen LogP contribution in [0.4, 0.5) is 0 Å². The van der Waals surface area contributed by atoms with Crippen molar-refractivity contribution in [2.45, 2.75) is 6.04 Å². The summed E-state index contributed by atoms with van der Waals surface area (Å²) in [5.41, 5.74) is 7.52. The molecule has 3 nitrogen and oxygen atoms in total. The molecule has 5 heteroatoms. The van der Waals surface area contributed by atoms with Gasteiger partial charge in [0.1, 0.15) is 6.33 Å². The second-order valence-electron chi connectivity index (χ2n) is 3.25. The predicted molar refractivity (Wildman–Crippen MR) is 64.5 cm³/mol. The van der Waals surface area contributed by atoms with E-state index in [0.717, 1.165) is 5.56 Å². The van der Waals surface area contributed by atoms with Crippen LogP contribution in [0.2, 0.25) is 10.0 Å². The predicted octanol–water partition coefficient (Wildman–Crippen LogP) is 2.83. The lowest BCUT2D eigenvalue weighted by Gasteiger charge is -2.13.